The van der Waals surface area contributed by atoms with Gasteiger partial charge >= 0.3 is 11.9 Å². The van der Waals surface area contributed by atoms with Gasteiger partial charge in [-0.05, 0) is 17.5 Å². The van der Waals surface area contributed by atoms with Crippen LogP contribution in [0.4, 0.5) is 0 Å². The van der Waals surface area contributed by atoms with Gasteiger partial charge in [-0.2, -0.15) is 0 Å². The van der Waals surface area contributed by atoms with E-state index in [-0.39, 0.29) is 13.0 Å². The van der Waals surface area contributed by atoms with E-state index >= 15 is 0 Å². The Morgan fingerprint density at radius 1 is 0.800 bits per heavy atom. The van der Waals surface area contributed by atoms with Crippen LogP contribution >= 0.6 is 0 Å². The summed E-state index contributed by atoms with van der Waals surface area (Å²) in [6.07, 6.45) is 0.605. The summed E-state index contributed by atoms with van der Waals surface area (Å²) < 4.78 is 15.5. The van der Waals surface area contributed by atoms with Crippen LogP contribution in [0, 0.1) is 0 Å². The maximum atomic E-state index is 12.4. The summed E-state index contributed by atoms with van der Waals surface area (Å²) >= 11 is 0. The van der Waals surface area contributed by atoms with Crippen LogP contribution in [-0.2, 0) is 36.6 Å². The molecule has 132 valence electrons. The van der Waals surface area contributed by atoms with Crippen molar-refractivity contribution < 1.29 is 23.8 Å². The summed E-state index contributed by atoms with van der Waals surface area (Å²) in [5.41, 5.74) is 0.00320. The second-order valence-electron chi connectivity index (χ2n) is 5.56. The van der Waals surface area contributed by atoms with Crippen LogP contribution in [0.5, 0.6) is 0 Å². The highest BCUT2D eigenvalue weighted by molar-refractivity contribution is 6.04. The number of esters is 2. The van der Waals surface area contributed by atoms with Gasteiger partial charge in [0.1, 0.15) is 0 Å². The standard InChI is InChI=1S/C20H22O5/c1-23-18(21)20(19(22)24-2,15-17-11-7-4-8-12-17)25-14-13-16-9-5-3-6-10-16/h3-12H,13-15H2,1-2H3. The molecule has 0 saturated carbocycles. The summed E-state index contributed by atoms with van der Waals surface area (Å²) in [6, 6.07) is 18.8. The third-order valence-corrected chi connectivity index (χ3v) is 3.91. The van der Waals surface area contributed by atoms with Crippen molar-refractivity contribution >= 4 is 11.9 Å². The largest absolute Gasteiger partial charge is 0.466 e. The summed E-state index contributed by atoms with van der Waals surface area (Å²) in [5, 5.41) is 0. The van der Waals surface area contributed by atoms with E-state index in [1.54, 1.807) is 0 Å². The Morgan fingerprint density at radius 2 is 1.28 bits per heavy atom. The molecule has 2 aromatic carbocycles. The molecule has 25 heavy (non-hydrogen) atoms. The molecular formula is C20H22O5. The molecular weight excluding hydrogens is 320 g/mol. The highest BCUT2D eigenvalue weighted by atomic mass is 16.6. The van der Waals surface area contributed by atoms with Crippen molar-refractivity contribution in [1.82, 2.24) is 0 Å². The van der Waals surface area contributed by atoms with E-state index in [4.69, 9.17) is 14.2 Å². The zero-order valence-electron chi connectivity index (χ0n) is 14.4. The molecule has 5 heteroatoms. The number of hydrogen-bond acceptors (Lipinski definition) is 5. The van der Waals surface area contributed by atoms with Gasteiger partial charge in [-0.3, -0.25) is 0 Å². The smallest absolute Gasteiger partial charge is 0.350 e. The Kier molecular flexibility index (Phi) is 6.71. The molecule has 0 fully saturated rings. The fraction of sp³-hybridized carbons (Fsp3) is 0.300. The van der Waals surface area contributed by atoms with Crippen molar-refractivity contribution in [3.8, 4) is 0 Å². The van der Waals surface area contributed by atoms with Crippen LogP contribution in [-0.4, -0.2) is 38.4 Å². The zero-order chi connectivity index (χ0) is 18.1. The third kappa shape index (κ3) is 4.67. The maximum absolute atomic E-state index is 12.4. The SMILES string of the molecule is COC(=O)C(Cc1ccccc1)(OCCc1ccccc1)C(=O)OC. The highest BCUT2D eigenvalue weighted by Gasteiger charge is 2.50. The van der Waals surface area contributed by atoms with Gasteiger partial charge in [0.2, 0.25) is 0 Å². The number of benzene rings is 2. The first-order valence-electron chi connectivity index (χ1n) is 8.01. The number of ether oxygens (including phenoxy) is 3. The molecule has 2 aromatic rings. The molecule has 5 nitrogen and oxygen atoms in total. The molecule has 2 rings (SSSR count). The van der Waals surface area contributed by atoms with Crippen LogP contribution in [0.15, 0.2) is 60.7 Å². The van der Waals surface area contributed by atoms with Crippen molar-refractivity contribution in [2.24, 2.45) is 0 Å². The predicted molar refractivity (Wildman–Crippen MR) is 93.0 cm³/mol. The Morgan fingerprint density at radius 3 is 1.76 bits per heavy atom. The molecule has 0 unspecified atom stereocenters. The maximum Gasteiger partial charge on any atom is 0.350 e. The lowest BCUT2D eigenvalue weighted by Gasteiger charge is -2.28. The van der Waals surface area contributed by atoms with Gasteiger partial charge in [-0.15, -0.1) is 0 Å². The fourth-order valence-corrected chi connectivity index (χ4v) is 2.60. The predicted octanol–water partition coefficient (Wildman–Crippen LogP) is 2.57. The molecule has 0 spiro atoms. The molecule has 0 aromatic heterocycles. The summed E-state index contributed by atoms with van der Waals surface area (Å²) in [7, 11) is 2.46. The molecule has 0 radical (unpaired) electrons. The summed E-state index contributed by atoms with van der Waals surface area (Å²) in [6.45, 7) is 0.182. The van der Waals surface area contributed by atoms with Gasteiger partial charge < -0.3 is 14.2 Å². The molecule has 0 aliphatic rings. The quantitative estimate of drug-likeness (QED) is 0.545. The second kappa shape index (κ2) is 8.99. The molecule has 0 heterocycles. The Balaban J connectivity index is 2.22. The first-order chi connectivity index (χ1) is 12.1. The van der Waals surface area contributed by atoms with Gasteiger partial charge in [0.05, 0.1) is 20.8 Å². The normalized spacial score (nSPS) is 11.0. The van der Waals surface area contributed by atoms with Gasteiger partial charge in [-0.25, -0.2) is 9.59 Å². The minimum atomic E-state index is -1.82. The topological polar surface area (TPSA) is 61.8 Å². The number of hydrogen-bond donors (Lipinski definition) is 0. The molecule has 0 amide bonds. The Labute approximate surface area is 147 Å². The van der Waals surface area contributed by atoms with Crippen molar-refractivity contribution in [2.75, 3.05) is 20.8 Å². The molecule has 0 bridgehead atoms. The van der Waals surface area contributed by atoms with Gasteiger partial charge in [0.25, 0.3) is 5.60 Å². The van der Waals surface area contributed by atoms with E-state index in [1.165, 1.54) is 14.2 Å². The van der Waals surface area contributed by atoms with E-state index < -0.39 is 17.5 Å². The highest BCUT2D eigenvalue weighted by Crippen LogP contribution is 2.23. The van der Waals surface area contributed by atoms with Crippen LogP contribution in [0.1, 0.15) is 11.1 Å². The van der Waals surface area contributed by atoms with E-state index in [2.05, 4.69) is 0 Å². The average molecular weight is 342 g/mol. The lowest BCUT2D eigenvalue weighted by Crippen LogP contribution is -2.52. The Bertz CT molecular complexity index is 666. The van der Waals surface area contributed by atoms with Gasteiger partial charge in [0.15, 0.2) is 0 Å². The second-order valence-corrected chi connectivity index (χ2v) is 5.56. The zero-order valence-corrected chi connectivity index (χ0v) is 14.4. The van der Waals surface area contributed by atoms with Crippen LogP contribution in [0.25, 0.3) is 0 Å². The first-order valence-corrected chi connectivity index (χ1v) is 8.01. The molecule has 0 N–H and O–H groups in total. The van der Waals surface area contributed by atoms with Gasteiger partial charge in [-0.1, -0.05) is 60.7 Å². The lowest BCUT2D eigenvalue weighted by molar-refractivity contribution is -0.188. The minimum absolute atomic E-state index is 0.0436. The van der Waals surface area contributed by atoms with E-state index in [0.29, 0.717) is 6.42 Å². The third-order valence-electron chi connectivity index (χ3n) is 3.91. The van der Waals surface area contributed by atoms with E-state index in [0.717, 1.165) is 11.1 Å². The molecule has 0 saturated heterocycles. The molecule has 0 aliphatic carbocycles. The van der Waals surface area contributed by atoms with Gasteiger partial charge in [0, 0.05) is 6.42 Å². The molecule has 0 atom stereocenters. The van der Waals surface area contributed by atoms with E-state index in [1.807, 2.05) is 60.7 Å². The number of methoxy groups -OCH3 is 2. The summed E-state index contributed by atoms with van der Waals surface area (Å²) in [4.78, 5) is 24.9. The average Bonchev–Trinajstić information content (AvgIpc) is 2.67. The van der Waals surface area contributed by atoms with Crippen molar-refractivity contribution in [3.63, 3.8) is 0 Å². The van der Waals surface area contributed by atoms with Crippen LogP contribution < -0.4 is 0 Å². The fourth-order valence-electron chi connectivity index (χ4n) is 2.60. The van der Waals surface area contributed by atoms with Crippen LogP contribution in [0.2, 0.25) is 0 Å². The lowest BCUT2D eigenvalue weighted by atomic mass is 9.94. The minimum Gasteiger partial charge on any atom is -0.466 e. The Hall–Kier alpha value is -2.66. The van der Waals surface area contributed by atoms with Crippen molar-refractivity contribution in [2.45, 2.75) is 18.4 Å². The van der Waals surface area contributed by atoms with Crippen molar-refractivity contribution in [1.29, 1.82) is 0 Å². The summed E-state index contributed by atoms with van der Waals surface area (Å²) in [5.74, 6) is -1.53. The number of carbonyl (C=O) groups is 2. The van der Waals surface area contributed by atoms with E-state index in [9.17, 15) is 9.59 Å². The monoisotopic (exact) mass is 342 g/mol. The van der Waals surface area contributed by atoms with Crippen LogP contribution in [0.3, 0.4) is 0 Å². The number of carbonyl (C=O) groups excluding carboxylic acids is 2. The first kappa shape index (κ1) is 18.7. The molecule has 0 aliphatic heterocycles. The number of rotatable bonds is 8. The van der Waals surface area contributed by atoms with Crippen molar-refractivity contribution in [3.05, 3.63) is 71.8 Å².